The Kier molecular flexibility index (Phi) is 2.11. The summed E-state index contributed by atoms with van der Waals surface area (Å²) in [4.78, 5) is 0. The first-order valence-electron chi connectivity index (χ1n) is 5.63. The summed E-state index contributed by atoms with van der Waals surface area (Å²) >= 11 is 0. The van der Waals surface area contributed by atoms with E-state index < -0.39 is 34.4 Å². The SMILES string of the molecule is [2H]C([2H])(OS(C)(=O)=O)C([2H])([2H])c1ccccc1F. The first-order valence-corrected chi connectivity index (χ1v) is 5.45. The van der Waals surface area contributed by atoms with E-state index in [1.54, 1.807) is 0 Å². The molecule has 0 aliphatic heterocycles. The molecule has 0 unspecified atom stereocenters. The minimum atomic E-state index is -4.22. The molecule has 1 rings (SSSR count). The van der Waals surface area contributed by atoms with E-state index in [9.17, 15) is 12.8 Å². The summed E-state index contributed by atoms with van der Waals surface area (Å²) in [6.45, 7) is -3.22. The van der Waals surface area contributed by atoms with Crippen molar-refractivity contribution in [1.29, 1.82) is 0 Å². The predicted molar refractivity (Wildman–Crippen MR) is 50.9 cm³/mol. The molecule has 14 heavy (non-hydrogen) atoms. The molecule has 0 amide bonds. The molecule has 0 bridgehead atoms. The van der Waals surface area contributed by atoms with E-state index in [1.807, 2.05) is 0 Å². The van der Waals surface area contributed by atoms with Gasteiger partial charge in [0.05, 0.1) is 15.6 Å². The van der Waals surface area contributed by atoms with Gasteiger partial charge in [-0.25, -0.2) is 4.39 Å². The van der Waals surface area contributed by atoms with Gasteiger partial charge in [0.2, 0.25) is 0 Å². The van der Waals surface area contributed by atoms with Gasteiger partial charge in [0.25, 0.3) is 10.1 Å². The van der Waals surface area contributed by atoms with Crippen molar-refractivity contribution in [3.8, 4) is 0 Å². The van der Waals surface area contributed by atoms with Crippen molar-refractivity contribution < 1.29 is 22.5 Å². The molecule has 5 heteroatoms. The highest BCUT2D eigenvalue weighted by Crippen LogP contribution is 2.07. The smallest absolute Gasteiger partial charge is 0.264 e. The van der Waals surface area contributed by atoms with Crippen molar-refractivity contribution in [3.05, 3.63) is 35.6 Å². The van der Waals surface area contributed by atoms with E-state index in [-0.39, 0.29) is 0 Å². The van der Waals surface area contributed by atoms with Gasteiger partial charge in [-0.3, -0.25) is 4.18 Å². The van der Waals surface area contributed by atoms with Gasteiger partial charge < -0.3 is 0 Å². The molecule has 0 aromatic heterocycles. The minimum absolute atomic E-state index is 0.586. The van der Waals surface area contributed by atoms with Crippen LogP contribution in [0.15, 0.2) is 24.3 Å². The quantitative estimate of drug-likeness (QED) is 0.722. The van der Waals surface area contributed by atoms with Crippen LogP contribution in [0.4, 0.5) is 4.39 Å². The van der Waals surface area contributed by atoms with Gasteiger partial charge in [-0.15, -0.1) is 0 Å². The lowest BCUT2D eigenvalue weighted by molar-refractivity contribution is 0.324. The molecule has 0 atom stereocenters. The molecule has 3 nitrogen and oxygen atoms in total. The maximum atomic E-state index is 13.4. The number of rotatable bonds is 4. The Balaban J connectivity index is 3.25. The summed E-state index contributed by atoms with van der Waals surface area (Å²) in [6.07, 6.45) is -2.37. The molecule has 0 aliphatic carbocycles. The fourth-order valence-electron chi connectivity index (χ4n) is 0.714. The number of benzene rings is 1. The minimum Gasteiger partial charge on any atom is -0.270 e. The van der Waals surface area contributed by atoms with Crippen molar-refractivity contribution >= 4 is 10.1 Å². The van der Waals surface area contributed by atoms with Crippen molar-refractivity contribution in [2.75, 3.05) is 12.8 Å². The van der Waals surface area contributed by atoms with Crippen molar-refractivity contribution in [2.24, 2.45) is 0 Å². The monoisotopic (exact) mass is 222 g/mol. The zero-order valence-electron chi connectivity index (χ0n) is 11.3. The molecular formula is C9H11FO3S. The maximum absolute atomic E-state index is 13.4. The molecular weight excluding hydrogens is 207 g/mol. The van der Waals surface area contributed by atoms with Gasteiger partial charge in [-0.05, 0) is 11.6 Å². The normalized spacial score (nSPS) is 17.9. The molecule has 1 aromatic carbocycles. The average molecular weight is 222 g/mol. The van der Waals surface area contributed by atoms with Crippen LogP contribution < -0.4 is 0 Å². The average Bonchev–Trinajstić information content (AvgIpc) is 2.13. The molecule has 0 saturated heterocycles. The second-order valence-corrected chi connectivity index (χ2v) is 4.07. The van der Waals surface area contributed by atoms with Crippen LogP contribution in [0.25, 0.3) is 0 Å². The van der Waals surface area contributed by atoms with Crippen molar-refractivity contribution in [3.63, 3.8) is 0 Å². The molecule has 0 radical (unpaired) electrons. The van der Waals surface area contributed by atoms with Crippen molar-refractivity contribution in [2.45, 2.75) is 6.37 Å². The Labute approximate surface area is 88.3 Å². The summed E-state index contributed by atoms with van der Waals surface area (Å²) in [5.74, 6) is -0.983. The highest BCUT2D eigenvalue weighted by Gasteiger charge is 2.04. The third-order valence-corrected chi connectivity index (χ3v) is 1.64. The Morgan fingerprint density at radius 2 is 2.14 bits per heavy atom. The lowest BCUT2D eigenvalue weighted by atomic mass is 10.1. The maximum Gasteiger partial charge on any atom is 0.264 e. The van der Waals surface area contributed by atoms with E-state index in [0.29, 0.717) is 6.26 Å². The molecule has 0 spiro atoms. The number of halogens is 1. The first kappa shape index (κ1) is 6.53. The largest absolute Gasteiger partial charge is 0.270 e. The highest BCUT2D eigenvalue weighted by molar-refractivity contribution is 7.85. The molecule has 0 N–H and O–H groups in total. The Morgan fingerprint density at radius 3 is 2.71 bits per heavy atom. The van der Waals surface area contributed by atoms with Gasteiger partial charge in [-0.1, -0.05) is 18.2 Å². The van der Waals surface area contributed by atoms with Crippen LogP contribution in [0.5, 0.6) is 0 Å². The zero-order valence-corrected chi connectivity index (χ0v) is 8.14. The molecule has 1 aromatic rings. The molecule has 0 saturated carbocycles. The highest BCUT2D eigenvalue weighted by atomic mass is 32.2. The van der Waals surface area contributed by atoms with Crippen LogP contribution in [0.1, 0.15) is 11.0 Å². The van der Waals surface area contributed by atoms with E-state index >= 15 is 0 Å². The second kappa shape index (κ2) is 4.52. The topological polar surface area (TPSA) is 43.4 Å². The number of hydrogen-bond acceptors (Lipinski definition) is 3. The fraction of sp³-hybridized carbons (Fsp3) is 0.333. The molecule has 0 heterocycles. The van der Waals surface area contributed by atoms with Crippen LogP contribution in [0, 0.1) is 5.82 Å². The molecule has 78 valence electrons. The van der Waals surface area contributed by atoms with Crippen LogP contribution in [0.3, 0.4) is 0 Å². The van der Waals surface area contributed by atoms with Gasteiger partial charge in [0.1, 0.15) is 5.82 Å². The molecule has 0 fully saturated rings. The zero-order chi connectivity index (χ0) is 14.2. The van der Waals surface area contributed by atoms with Gasteiger partial charge in [0, 0.05) is 9.11 Å². The molecule has 0 aliphatic rings. The van der Waals surface area contributed by atoms with Crippen LogP contribution >= 0.6 is 0 Å². The summed E-state index contributed by atoms with van der Waals surface area (Å²) in [5.41, 5.74) is -0.612. The fourth-order valence-corrected chi connectivity index (χ4v) is 0.907. The summed E-state index contributed by atoms with van der Waals surface area (Å²) in [7, 11) is -4.22. The van der Waals surface area contributed by atoms with Gasteiger partial charge in [-0.2, -0.15) is 8.42 Å². The van der Waals surface area contributed by atoms with Crippen LogP contribution in [0.2, 0.25) is 0 Å². The third-order valence-electron chi connectivity index (χ3n) is 1.25. The number of hydrogen-bond donors (Lipinski definition) is 0. The van der Waals surface area contributed by atoms with Crippen LogP contribution in [-0.2, 0) is 20.7 Å². The summed E-state index contributed by atoms with van der Waals surface area (Å²) in [5, 5.41) is 0. The first-order chi connectivity index (χ1) is 7.97. The third kappa shape index (κ3) is 3.85. The summed E-state index contributed by atoms with van der Waals surface area (Å²) < 4.78 is 69.1. The number of aryl methyl sites for hydroxylation is 1. The standard InChI is InChI=1S/C9H11FO3S/c1-14(11,12)13-7-6-8-4-2-3-5-9(8)10/h2-5H,6-7H2,1H3/i6D2,7D2. The van der Waals surface area contributed by atoms with E-state index in [0.717, 1.165) is 12.1 Å². The Morgan fingerprint density at radius 1 is 1.50 bits per heavy atom. The van der Waals surface area contributed by atoms with E-state index in [1.165, 1.54) is 12.1 Å². The predicted octanol–water partition coefficient (Wildman–Crippen LogP) is 1.34. The second-order valence-electron chi connectivity index (χ2n) is 2.49. The Hall–Kier alpha value is -0.940. The van der Waals surface area contributed by atoms with Crippen LogP contribution in [-0.4, -0.2) is 21.2 Å². The van der Waals surface area contributed by atoms with E-state index in [2.05, 4.69) is 4.18 Å². The summed E-state index contributed by atoms with van der Waals surface area (Å²) in [6, 6.07) is 4.59. The van der Waals surface area contributed by atoms with Gasteiger partial charge in [0.15, 0.2) is 0 Å². The van der Waals surface area contributed by atoms with Gasteiger partial charge >= 0.3 is 0 Å². The van der Waals surface area contributed by atoms with E-state index in [4.69, 9.17) is 5.48 Å². The lowest BCUT2D eigenvalue weighted by Crippen LogP contribution is -2.06. The lowest BCUT2D eigenvalue weighted by Gasteiger charge is -2.02. The Bertz CT molecular complexity index is 544. The van der Waals surface area contributed by atoms with Crippen molar-refractivity contribution in [1.82, 2.24) is 0 Å².